The molecule has 1 aliphatic heterocycles. The molecule has 4 heteroatoms. The van der Waals surface area contributed by atoms with Crippen molar-refractivity contribution in [1.29, 1.82) is 0 Å². The maximum absolute atomic E-state index is 12.0. The molecule has 4 nitrogen and oxygen atoms in total. The number of H-pyrrole nitrogens is 1. The first-order valence-corrected chi connectivity index (χ1v) is 7.92. The summed E-state index contributed by atoms with van der Waals surface area (Å²) in [6.07, 6.45) is 3.92. The summed E-state index contributed by atoms with van der Waals surface area (Å²) in [5.41, 5.74) is 2.25. The number of amides is 1. The third-order valence-electron chi connectivity index (χ3n) is 3.98. The molecule has 1 amide bonds. The van der Waals surface area contributed by atoms with Crippen molar-refractivity contribution in [2.45, 2.75) is 64.9 Å². The van der Waals surface area contributed by atoms with Crippen LogP contribution in [0.5, 0.6) is 0 Å². The molecule has 1 aliphatic rings. The van der Waals surface area contributed by atoms with Crippen LogP contribution in [0.4, 0.5) is 4.79 Å². The number of likely N-dealkylation sites (tertiary alicyclic amines) is 1. The van der Waals surface area contributed by atoms with Gasteiger partial charge in [0.05, 0.1) is 0 Å². The standard InChI is InChI=1S/C17H28N2O2/c1-12(2)14-10-15(18-11-14)13-6-8-19(9-7-13)16(20)21-17(3,4)5/h10-13,18H,6-9H2,1-5H3. The van der Waals surface area contributed by atoms with Crippen LogP contribution < -0.4 is 0 Å². The predicted octanol–water partition coefficient (Wildman–Crippen LogP) is 4.25. The van der Waals surface area contributed by atoms with E-state index in [9.17, 15) is 4.79 Å². The van der Waals surface area contributed by atoms with Gasteiger partial charge in [-0.2, -0.15) is 0 Å². The average Bonchev–Trinajstić information content (AvgIpc) is 2.86. The molecule has 21 heavy (non-hydrogen) atoms. The Bertz CT molecular complexity index is 477. The highest BCUT2D eigenvalue weighted by Crippen LogP contribution is 2.29. The van der Waals surface area contributed by atoms with E-state index in [0.29, 0.717) is 11.8 Å². The number of ether oxygens (including phenoxy) is 1. The zero-order chi connectivity index (χ0) is 15.6. The lowest BCUT2D eigenvalue weighted by atomic mass is 9.93. The van der Waals surface area contributed by atoms with Crippen molar-refractivity contribution < 1.29 is 9.53 Å². The molecule has 0 saturated carbocycles. The Kier molecular flexibility index (Phi) is 4.64. The van der Waals surface area contributed by atoms with Gasteiger partial charge in [0, 0.05) is 30.9 Å². The summed E-state index contributed by atoms with van der Waals surface area (Å²) >= 11 is 0. The van der Waals surface area contributed by atoms with Gasteiger partial charge < -0.3 is 14.6 Å². The van der Waals surface area contributed by atoms with Gasteiger partial charge in [0.1, 0.15) is 5.60 Å². The Hall–Kier alpha value is -1.45. The number of carbonyl (C=O) groups is 1. The molecule has 1 N–H and O–H groups in total. The topological polar surface area (TPSA) is 45.3 Å². The van der Waals surface area contributed by atoms with Crippen molar-refractivity contribution in [3.63, 3.8) is 0 Å². The Morgan fingerprint density at radius 2 is 1.95 bits per heavy atom. The molecule has 118 valence electrons. The van der Waals surface area contributed by atoms with Gasteiger partial charge in [0.2, 0.25) is 0 Å². The fraction of sp³-hybridized carbons (Fsp3) is 0.706. The zero-order valence-corrected chi connectivity index (χ0v) is 13.9. The first-order valence-electron chi connectivity index (χ1n) is 7.92. The van der Waals surface area contributed by atoms with E-state index >= 15 is 0 Å². The average molecular weight is 292 g/mol. The first kappa shape index (κ1) is 15.9. The summed E-state index contributed by atoms with van der Waals surface area (Å²) in [6.45, 7) is 11.7. The molecule has 0 spiro atoms. The van der Waals surface area contributed by atoms with Crippen molar-refractivity contribution in [2.75, 3.05) is 13.1 Å². The van der Waals surface area contributed by atoms with E-state index in [4.69, 9.17) is 4.74 Å². The number of rotatable bonds is 2. The van der Waals surface area contributed by atoms with Gasteiger partial charge in [-0.05, 0) is 51.2 Å². The van der Waals surface area contributed by atoms with Crippen LogP contribution in [0.3, 0.4) is 0 Å². The van der Waals surface area contributed by atoms with Gasteiger partial charge in [0.15, 0.2) is 0 Å². The quantitative estimate of drug-likeness (QED) is 0.885. The molecule has 0 aliphatic carbocycles. The maximum Gasteiger partial charge on any atom is 0.410 e. The van der Waals surface area contributed by atoms with Crippen LogP contribution in [0, 0.1) is 0 Å². The number of hydrogen-bond donors (Lipinski definition) is 1. The van der Waals surface area contributed by atoms with E-state index in [1.54, 1.807) is 0 Å². The monoisotopic (exact) mass is 292 g/mol. The molecule has 0 unspecified atom stereocenters. The van der Waals surface area contributed by atoms with Crippen LogP contribution in [0.1, 0.15) is 70.6 Å². The zero-order valence-electron chi connectivity index (χ0n) is 13.9. The van der Waals surface area contributed by atoms with Crippen molar-refractivity contribution >= 4 is 6.09 Å². The molecule has 0 atom stereocenters. The molecule has 0 radical (unpaired) electrons. The Labute approximate surface area is 127 Å². The van der Waals surface area contributed by atoms with E-state index in [1.807, 2.05) is 25.7 Å². The number of aromatic nitrogens is 1. The minimum Gasteiger partial charge on any atom is -0.444 e. The Morgan fingerprint density at radius 3 is 2.43 bits per heavy atom. The number of piperidine rings is 1. The summed E-state index contributed by atoms with van der Waals surface area (Å²) in [5.74, 6) is 1.08. The lowest BCUT2D eigenvalue weighted by Gasteiger charge is -2.33. The molecule has 2 heterocycles. The summed E-state index contributed by atoms with van der Waals surface area (Å²) in [6, 6.07) is 2.28. The molecule has 1 aromatic rings. The molecule has 0 bridgehead atoms. The number of nitrogens with one attached hydrogen (secondary N) is 1. The Balaban J connectivity index is 1.89. The van der Waals surface area contributed by atoms with E-state index in [1.165, 1.54) is 11.3 Å². The summed E-state index contributed by atoms with van der Waals surface area (Å²) < 4.78 is 5.43. The second-order valence-electron chi connectivity index (χ2n) is 7.28. The third kappa shape index (κ3) is 4.26. The number of nitrogens with zero attached hydrogens (tertiary/aromatic N) is 1. The van der Waals surface area contributed by atoms with E-state index < -0.39 is 5.60 Å². The number of hydrogen-bond acceptors (Lipinski definition) is 2. The van der Waals surface area contributed by atoms with Crippen LogP contribution in [0.15, 0.2) is 12.3 Å². The van der Waals surface area contributed by atoms with Crippen molar-refractivity contribution in [2.24, 2.45) is 0 Å². The number of aromatic amines is 1. The van der Waals surface area contributed by atoms with Crippen molar-refractivity contribution in [3.8, 4) is 0 Å². The molecule has 1 fully saturated rings. The van der Waals surface area contributed by atoms with Gasteiger partial charge >= 0.3 is 6.09 Å². The lowest BCUT2D eigenvalue weighted by molar-refractivity contribution is 0.0204. The number of carbonyl (C=O) groups excluding carboxylic acids is 1. The highest BCUT2D eigenvalue weighted by atomic mass is 16.6. The van der Waals surface area contributed by atoms with Gasteiger partial charge in [-0.25, -0.2) is 4.79 Å². The fourth-order valence-electron chi connectivity index (χ4n) is 2.70. The van der Waals surface area contributed by atoms with Gasteiger partial charge in [0.25, 0.3) is 0 Å². The molecule has 2 rings (SSSR count). The maximum atomic E-state index is 12.0. The van der Waals surface area contributed by atoms with E-state index in [0.717, 1.165) is 25.9 Å². The summed E-state index contributed by atoms with van der Waals surface area (Å²) in [4.78, 5) is 17.3. The summed E-state index contributed by atoms with van der Waals surface area (Å²) in [7, 11) is 0. The van der Waals surface area contributed by atoms with Gasteiger partial charge in [-0.3, -0.25) is 0 Å². The third-order valence-corrected chi connectivity index (χ3v) is 3.98. The van der Waals surface area contributed by atoms with Crippen LogP contribution in [0.25, 0.3) is 0 Å². The molecular formula is C17H28N2O2. The SMILES string of the molecule is CC(C)c1c[nH]c(C2CCN(C(=O)OC(C)(C)C)CC2)c1. The molecule has 0 aromatic carbocycles. The molecular weight excluding hydrogens is 264 g/mol. The lowest BCUT2D eigenvalue weighted by Crippen LogP contribution is -2.41. The smallest absolute Gasteiger partial charge is 0.410 e. The largest absolute Gasteiger partial charge is 0.444 e. The predicted molar refractivity (Wildman–Crippen MR) is 84.7 cm³/mol. The van der Waals surface area contributed by atoms with Crippen LogP contribution in [0.2, 0.25) is 0 Å². The minimum absolute atomic E-state index is 0.185. The van der Waals surface area contributed by atoms with E-state index in [-0.39, 0.29) is 6.09 Å². The summed E-state index contributed by atoms with van der Waals surface area (Å²) in [5, 5.41) is 0. The molecule has 1 aromatic heterocycles. The van der Waals surface area contributed by atoms with Gasteiger partial charge in [-0.15, -0.1) is 0 Å². The van der Waals surface area contributed by atoms with Crippen molar-refractivity contribution in [1.82, 2.24) is 9.88 Å². The normalized spacial score (nSPS) is 17.3. The highest BCUT2D eigenvalue weighted by Gasteiger charge is 2.28. The second kappa shape index (κ2) is 6.12. The highest BCUT2D eigenvalue weighted by molar-refractivity contribution is 5.68. The van der Waals surface area contributed by atoms with Crippen LogP contribution in [-0.2, 0) is 4.74 Å². The minimum atomic E-state index is -0.417. The van der Waals surface area contributed by atoms with Gasteiger partial charge in [-0.1, -0.05) is 13.8 Å². The second-order valence-corrected chi connectivity index (χ2v) is 7.28. The van der Waals surface area contributed by atoms with Crippen LogP contribution in [-0.4, -0.2) is 34.7 Å². The fourth-order valence-corrected chi connectivity index (χ4v) is 2.70. The first-order chi connectivity index (χ1) is 9.76. The van der Waals surface area contributed by atoms with E-state index in [2.05, 4.69) is 31.1 Å². The van der Waals surface area contributed by atoms with Crippen LogP contribution >= 0.6 is 0 Å². The Morgan fingerprint density at radius 1 is 1.33 bits per heavy atom. The molecule has 1 saturated heterocycles. The van der Waals surface area contributed by atoms with Crippen molar-refractivity contribution in [3.05, 3.63) is 23.5 Å².